The van der Waals surface area contributed by atoms with Crippen LogP contribution < -0.4 is 0 Å². The molecule has 12 bridgehead atoms. The Balaban J connectivity index is 0.994. The minimum absolute atomic E-state index is 0.0260. The highest BCUT2D eigenvalue weighted by Crippen LogP contribution is 2.54. The monoisotopic (exact) mass is 730 g/mol. The number of ketones is 1. The number of Topliss-reactive ketones (excluding diaryl/α,β-unsaturated/α-hetero) is 1. The van der Waals surface area contributed by atoms with Gasteiger partial charge in [-0.1, -0.05) is 20.1 Å². The second-order valence-corrected chi connectivity index (χ2v) is 17.4. The summed E-state index contributed by atoms with van der Waals surface area (Å²) >= 11 is 0. The molecule has 1 spiro atoms. The van der Waals surface area contributed by atoms with E-state index in [0.29, 0.717) is 25.7 Å². The highest BCUT2D eigenvalue weighted by Gasteiger charge is 2.68. The normalized spacial score (nSPS) is 52.4. The maximum absolute atomic E-state index is 14.0. The summed E-state index contributed by atoms with van der Waals surface area (Å²) in [5.41, 5.74) is 2.17. The molecule has 2 N–H and O–H groups in total. The first-order valence-electron chi connectivity index (χ1n) is 20.1. The molecular formula is C40H58O12. The maximum atomic E-state index is 14.0. The Hall–Kier alpha value is -1.29. The molecule has 10 rings (SSSR count). The summed E-state index contributed by atoms with van der Waals surface area (Å²) in [5.74, 6) is -0.709. The molecule has 12 nitrogen and oxygen atoms in total. The van der Waals surface area contributed by atoms with Crippen molar-refractivity contribution in [3.05, 3.63) is 24.3 Å². The van der Waals surface area contributed by atoms with Gasteiger partial charge in [-0.3, -0.25) is 4.79 Å². The molecule has 0 radical (unpaired) electrons. The molecule has 0 amide bonds. The molecule has 10 aliphatic heterocycles. The van der Waals surface area contributed by atoms with Crippen LogP contribution in [0.3, 0.4) is 0 Å². The number of rotatable bonds is 4. The predicted molar refractivity (Wildman–Crippen MR) is 184 cm³/mol. The molecule has 10 fully saturated rings. The molecule has 19 atom stereocenters. The number of aliphatic hydroxyl groups excluding tert-OH is 2. The summed E-state index contributed by atoms with van der Waals surface area (Å²) in [6, 6.07) is 0. The SMILES string of the molecule is C=C1C[C@@H]2CCC34C[C@H]5O[C@H]6[C@@H](O3)[C@H]3O[C@H](CC[C@@H]3O[C@H]6[C@@H]5O4)CC(=O)C[C@@H]3[C@@H](OC)[C@@H](C[C@H](O)CO)O[C@H]3C[C@H]3O[C@@H](CC[C@H]1O2)C[C@@H](C)C3=C. The van der Waals surface area contributed by atoms with Gasteiger partial charge in [0, 0.05) is 51.6 Å². The number of hydrogen-bond donors (Lipinski definition) is 2. The molecule has 290 valence electrons. The second-order valence-electron chi connectivity index (χ2n) is 17.4. The largest absolute Gasteiger partial charge is 0.394 e. The highest BCUT2D eigenvalue weighted by atomic mass is 16.8. The van der Waals surface area contributed by atoms with Gasteiger partial charge in [0.15, 0.2) is 5.79 Å². The summed E-state index contributed by atoms with van der Waals surface area (Å²) in [6.45, 7) is 10.7. The van der Waals surface area contributed by atoms with Gasteiger partial charge >= 0.3 is 0 Å². The fourth-order valence-corrected chi connectivity index (χ4v) is 11.3. The lowest BCUT2D eigenvalue weighted by Gasteiger charge is -2.47. The Kier molecular flexibility index (Phi) is 10.0. The Morgan fingerprint density at radius 3 is 2.37 bits per heavy atom. The Morgan fingerprint density at radius 1 is 0.788 bits per heavy atom. The first-order chi connectivity index (χ1) is 25.1. The molecule has 10 saturated heterocycles. The Labute approximate surface area is 306 Å². The third-order valence-electron chi connectivity index (χ3n) is 13.9. The molecule has 0 aliphatic carbocycles. The van der Waals surface area contributed by atoms with Crippen LogP contribution in [0.5, 0.6) is 0 Å². The fourth-order valence-electron chi connectivity index (χ4n) is 11.3. The van der Waals surface area contributed by atoms with E-state index in [1.54, 1.807) is 7.11 Å². The van der Waals surface area contributed by atoms with E-state index in [4.69, 9.17) is 42.6 Å². The van der Waals surface area contributed by atoms with Crippen LogP contribution in [0, 0.1) is 11.8 Å². The van der Waals surface area contributed by atoms with E-state index >= 15 is 0 Å². The quantitative estimate of drug-likeness (QED) is 0.410. The number of carbonyl (C=O) groups excluding carboxylic acids is 1. The first-order valence-corrected chi connectivity index (χ1v) is 20.1. The van der Waals surface area contributed by atoms with Crippen molar-refractivity contribution < 1.29 is 57.6 Å². The van der Waals surface area contributed by atoms with Crippen molar-refractivity contribution in [2.75, 3.05) is 13.7 Å². The average Bonchev–Trinajstić information content (AvgIpc) is 3.79. The van der Waals surface area contributed by atoms with E-state index in [0.717, 1.165) is 49.7 Å². The minimum Gasteiger partial charge on any atom is -0.394 e. The number of ether oxygens (including phenoxy) is 9. The average molecular weight is 731 g/mol. The third-order valence-corrected chi connectivity index (χ3v) is 13.9. The zero-order chi connectivity index (χ0) is 35.9. The lowest BCUT2D eigenvalue weighted by atomic mass is 9.81. The van der Waals surface area contributed by atoms with Gasteiger partial charge in [-0.05, 0) is 62.0 Å². The third kappa shape index (κ3) is 6.59. The zero-order valence-electron chi connectivity index (χ0n) is 30.7. The van der Waals surface area contributed by atoms with Crippen LogP contribution in [0.25, 0.3) is 0 Å². The summed E-state index contributed by atoms with van der Waals surface area (Å²) < 4.78 is 59.8. The molecule has 10 aliphatic rings. The molecule has 0 aromatic heterocycles. The van der Waals surface area contributed by atoms with Gasteiger partial charge in [0.1, 0.15) is 36.3 Å². The molecule has 0 aromatic carbocycles. The van der Waals surface area contributed by atoms with Crippen LogP contribution in [-0.2, 0) is 47.4 Å². The molecule has 1 unspecified atom stereocenters. The maximum Gasteiger partial charge on any atom is 0.172 e. The Bertz CT molecular complexity index is 1370. The lowest BCUT2D eigenvalue weighted by molar-refractivity contribution is -0.292. The Morgan fingerprint density at radius 2 is 1.54 bits per heavy atom. The van der Waals surface area contributed by atoms with Crippen molar-refractivity contribution in [1.29, 1.82) is 0 Å². The molecule has 10 heterocycles. The summed E-state index contributed by atoms with van der Waals surface area (Å²) in [6.07, 6.45) is 4.01. The van der Waals surface area contributed by atoms with Gasteiger partial charge in [0.2, 0.25) is 0 Å². The van der Waals surface area contributed by atoms with Crippen molar-refractivity contribution in [3.63, 3.8) is 0 Å². The summed E-state index contributed by atoms with van der Waals surface area (Å²) in [4.78, 5) is 14.0. The van der Waals surface area contributed by atoms with Gasteiger partial charge in [-0.2, -0.15) is 0 Å². The van der Waals surface area contributed by atoms with E-state index < -0.39 is 24.1 Å². The van der Waals surface area contributed by atoms with Gasteiger partial charge in [0.05, 0.1) is 73.8 Å². The van der Waals surface area contributed by atoms with E-state index in [-0.39, 0.29) is 123 Å². The minimum atomic E-state index is -0.951. The van der Waals surface area contributed by atoms with E-state index in [2.05, 4.69) is 20.1 Å². The van der Waals surface area contributed by atoms with Crippen molar-refractivity contribution in [2.24, 2.45) is 11.8 Å². The van der Waals surface area contributed by atoms with Gasteiger partial charge in [-0.15, -0.1) is 0 Å². The van der Waals surface area contributed by atoms with Crippen LogP contribution in [0.15, 0.2) is 24.3 Å². The van der Waals surface area contributed by atoms with E-state index in [1.165, 1.54) is 0 Å². The van der Waals surface area contributed by atoms with Gasteiger partial charge in [0.25, 0.3) is 0 Å². The van der Waals surface area contributed by atoms with E-state index in [9.17, 15) is 15.0 Å². The molecule has 12 heteroatoms. The second kappa shape index (κ2) is 14.3. The highest BCUT2D eigenvalue weighted by molar-refractivity contribution is 5.79. The van der Waals surface area contributed by atoms with Gasteiger partial charge in [-0.25, -0.2) is 0 Å². The fraction of sp³-hybridized carbons (Fsp3) is 0.875. The smallest absolute Gasteiger partial charge is 0.172 e. The topological polar surface area (TPSA) is 141 Å². The van der Waals surface area contributed by atoms with Crippen LogP contribution in [-0.4, -0.2) is 133 Å². The summed E-state index contributed by atoms with van der Waals surface area (Å²) in [7, 11) is 1.63. The van der Waals surface area contributed by atoms with Crippen LogP contribution in [0.4, 0.5) is 0 Å². The molecule has 52 heavy (non-hydrogen) atoms. The predicted octanol–water partition coefficient (Wildman–Crippen LogP) is 3.47. The molecule has 0 saturated carbocycles. The zero-order valence-corrected chi connectivity index (χ0v) is 30.7. The van der Waals surface area contributed by atoms with Crippen molar-refractivity contribution in [1.82, 2.24) is 0 Å². The van der Waals surface area contributed by atoms with Gasteiger partial charge < -0.3 is 52.8 Å². The van der Waals surface area contributed by atoms with Crippen molar-refractivity contribution in [3.8, 4) is 0 Å². The van der Waals surface area contributed by atoms with Crippen LogP contribution in [0.1, 0.15) is 90.4 Å². The van der Waals surface area contributed by atoms with Crippen LogP contribution in [0.2, 0.25) is 0 Å². The number of hydrogen-bond acceptors (Lipinski definition) is 12. The number of aliphatic hydroxyl groups is 2. The lowest BCUT2D eigenvalue weighted by Crippen LogP contribution is -2.61. The molecular weight excluding hydrogens is 672 g/mol. The number of fused-ring (bicyclic) bond motifs is 6. The summed E-state index contributed by atoms with van der Waals surface area (Å²) in [5, 5.41) is 20.1. The van der Waals surface area contributed by atoms with Crippen molar-refractivity contribution >= 4 is 5.78 Å². The number of methoxy groups -OCH3 is 1. The number of carbonyl (C=O) groups is 1. The van der Waals surface area contributed by atoms with Crippen LogP contribution >= 0.6 is 0 Å². The first kappa shape index (κ1) is 36.4. The van der Waals surface area contributed by atoms with E-state index in [1.807, 2.05) is 0 Å². The van der Waals surface area contributed by atoms with Crippen molar-refractivity contribution in [2.45, 2.75) is 194 Å². The standard InChI is InChI=1S/C40H58O12/c1-19-11-24-5-7-28-20(2)12-26(45-28)9-10-40-17-33-36(51-40)37-38(50-33)39(52-40)35-29(49-37)8-6-25(47-35)13-22(42)14-27-31(16-30(46-24)21(19)3)48-32(34(27)44-4)15-23(43)18-41/h19,23-39,41,43H,2-3,5-18H2,1,4H3/t19-,23+,24+,25-,26+,27+,28-,29+,30-,31+,32-,33-,34-,35+,36-,37+,38-,39+,40?/m1/s1. The molecule has 0 aromatic rings.